The predicted molar refractivity (Wildman–Crippen MR) is 72.1 cm³/mol. The number of aliphatic hydroxyl groups excluding tert-OH is 1. The summed E-state index contributed by atoms with van der Waals surface area (Å²) in [5, 5.41) is 20.6. The van der Waals surface area contributed by atoms with Crippen molar-refractivity contribution in [1.29, 1.82) is 5.26 Å². The van der Waals surface area contributed by atoms with Gasteiger partial charge in [0.15, 0.2) is 0 Å². The van der Waals surface area contributed by atoms with E-state index in [1.807, 2.05) is 17.9 Å². The molecule has 1 aliphatic heterocycles. The number of β-amino-alcohol motifs (C(OH)–C–C–N with tert-alkyl or cyclic N) is 1. The smallest absolute Gasteiger partial charge is 0.263 e. The normalized spacial score (nSPS) is 17.1. The number of carbonyl (C=O) groups is 1. The molecule has 19 heavy (non-hydrogen) atoms. The van der Waals surface area contributed by atoms with Crippen LogP contribution in [0.4, 0.5) is 0 Å². The Morgan fingerprint density at radius 2 is 2.11 bits per heavy atom. The minimum atomic E-state index is -0.304. The third-order valence-corrected chi connectivity index (χ3v) is 3.04. The second-order valence-corrected chi connectivity index (χ2v) is 4.51. The van der Waals surface area contributed by atoms with Crippen LogP contribution in [0.5, 0.6) is 0 Å². The molecule has 0 radical (unpaired) electrons. The van der Waals surface area contributed by atoms with E-state index in [4.69, 9.17) is 10.4 Å². The van der Waals surface area contributed by atoms with E-state index in [0.29, 0.717) is 13.1 Å². The second-order valence-electron chi connectivity index (χ2n) is 4.51. The van der Waals surface area contributed by atoms with E-state index in [1.54, 1.807) is 6.20 Å². The molecule has 6 nitrogen and oxygen atoms in total. The molecule has 0 aromatic heterocycles. The fraction of sp³-hybridized carbons (Fsp3) is 0.692. The largest absolute Gasteiger partial charge is 0.395 e. The van der Waals surface area contributed by atoms with Gasteiger partial charge in [0.1, 0.15) is 11.6 Å². The van der Waals surface area contributed by atoms with Crippen molar-refractivity contribution >= 4 is 5.91 Å². The lowest BCUT2D eigenvalue weighted by Gasteiger charge is -2.33. The van der Waals surface area contributed by atoms with Gasteiger partial charge in [0.2, 0.25) is 0 Å². The Morgan fingerprint density at radius 1 is 1.42 bits per heavy atom. The Morgan fingerprint density at radius 3 is 2.63 bits per heavy atom. The summed E-state index contributed by atoms with van der Waals surface area (Å²) in [5.41, 5.74) is 0.157. The second kappa shape index (κ2) is 8.51. The number of nitrogens with zero attached hydrogens (tertiary/aromatic N) is 3. The lowest BCUT2D eigenvalue weighted by Crippen LogP contribution is -2.45. The molecule has 1 saturated heterocycles. The minimum absolute atomic E-state index is 0.157. The zero-order chi connectivity index (χ0) is 14.1. The third-order valence-electron chi connectivity index (χ3n) is 3.04. The van der Waals surface area contributed by atoms with E-state index in [2.05, 4.69) is 10.2 Å². The standard InChI is InChI=1S/C13H22N4O2/c1-2-3-15-13(19)12(10-14)11-17-6-4-16(5-7-17)8-9-18/h11,18H,2-9H2,1H3,(H,15,19)/b12-11-. The van der Waals surface area contributed by atoms with Crippen molar-refractivity contribution in [3.8, 4) is 6.07 Å². The highest BCUT2D eigenvalue weighted by molar-refractivity contribution is 5.97. The van der Waals surface area contributed by atoms with Crippen LogP contribution in [-0.2, 0) is 4.79 Å². The van der Waals surface area contributed by atoms with Gasteiger partial charge in [-0.2, -0.15) is 5.26 Å². The fourth-order valence-electron chi connectivity index (χ4n) is 1.91. The summed E-state index contributed by atoms with van der Waals surface area (Å²) in [7, 11) is 0. The summed E-state index contributed by atoms with van der Waals surface area (Å²) >= 11 is 0. The molecule has 0 aliphatic carbocycles. The molecule has 0 atom stereocenters. The summed E-state index contributed by atoms with van der Waals surface area (Å²) in [5.74, 6) is -0.304. The van der Waals surface area contributed by atoms with Crippen LogP contribution in [0.15, 0.2) is 11.8 Å². The molecular formula is C13H22N4O2. The van der Waals surface area contributed by atoms with Crippen molar-refractivity contribution in [2.45, 2.75) is 13.3 Å². The number of hydrogen-bond acceptors (Lipinski definition) is 5. The van der Waals surface area contributed by atoms with Gasteiger partial charge in [-0.15, -0.1) is 0 Å². The Hall–Kier alpha value is -1.58. The van der Waals surface area contributed by atoms with Crippen molar-refractivity contribution in [3.63, 3.8) is 0 Å². The number of piperazine rings is 1. The van der Waals surface area contributed by atoms with Crippen molar-refractivity contribution < 1.29 is 9.90 Å². The molecule has 0 aromatic carbocycles. The lowest BCUT2D eigenvalue weighted by atomic mass is 10.2. The molecule has 0 unspecified atom stereocenters. The zero-order valence-electron chi connectivity index (χ0n) is 11.4. The van der Waals surface area contributed by atoms with Crippen LogP contribution in [0.2, 0.25) is 0 Å². The molecule has 0 bridgehead atoms. The van der Waals surface area contributed by atoms with Crippen LogP contribution in [0.1, 0.15) is 13.3 Å². The molecule has 1 aliphatic rings. The Labute approximate surface area is 114 Å². The summed E-state index contributed by atoms with van der Waals surface area (Å²) in [6, 6.07) is 1.95. The summed E-state index contributed by atoms with van der Waals surface area (Å²) in [6.07, 6.45) is 2.49. The quantitative estimate of drug-likeness (QED) is 0.502. The van der Waals surface area contributed by atoms with Crippen LogP contribution in [0, 0.1) is 11.3 Å². The number of amides is 1. The van der Waals surface area contributed by atoms with E-state index in [1.165, 1.54) is 0 Å². The first-order valence-electron chi connectivity index (χ1n) is 6.68. The average Bonchev–Trinajstić information content (AvgIpc) is 2.44. The summed E-state index contributed by atoms with van der Waals surface area (Å²) < 4.78 is 0. The number of nitrogens with one attached hydrogen (secondary N) is 1. The van der Waals surface area contributed by atoms with E-state index < -0.39 is 0 Å². The van der Waals surface area contributed by atoms with Crippen molar-refractivity contribution in [2.75, 3.05) is 45.9 Å². The first kappa shape index (κ1) is 15.5. The van der Waals surface area contributed by atoms with Gasteiger partial charge in [-0.3, -0.25) is 9.69 Å². The third kappa shape index (κ3) is 5.28. The number of aliphatic hydroxyl groups is 1. The maximum absolute atomic E-state index is 11.7. The van der Waals surface area contributed by atoms with Crippen molar-refractivity contribution in [3.05, 3.63) is 11.8 Å². The lowest BCUT2D eigenvalue weighted by molar-refractivity contribution is -0.117. The average molecular weight is 266 g/mol. The van der Waals surface area contributed by atoms with Crippen LogP contribution in [-0.4, -0.2) is 66.7 Å². The molecule has 2 N–H and O–H groups in total. The van der Waals surface area contributed by atoms with Gasteiger partial charge in [-0.1, -0.05) is 6.92 Å². The van der Waals surface area contributed by atoms with E-state index >= 15 is 0 Å². The highest BCUT2D eigenvalue weighted by Crippen LogP contribution is 2.04. The summed E-state index contributed by atoms with van der Waals surface area (Å²) in [4.78, 5) is 15.8. The molecule has 106 valence electrons. The number of hydrogen-bond donors (Lipinski definition) is 2. The van der Waals surface area contributed by atoms with Crippen LogP contribution < -0.4 is 5.32 Å². The molecule has 1 amide bonds. The van der Waals surface area contributed by atoms with Gasteiger partial charge < -0.3 is 15.3 Å². The summed E-state index contributed by atoms with van der Waals surface area (Å²) in [6.45, 7) is 6.62. The Balaban J connectivity index is 2.49. The highest BCUT2D eigenvalue weighted by atomic mass is 16.3. The van der Waals surface area contributed by atoms with Gasteiger partial charge in [-0.05, 0) is 6.42 Å². The monoisotopic (exact) mass is 266 g/mol. The predicted octanol–water partition coefficient (Wildman–Crippen LogP) is -0.470. The molecule has 0 saturated carbocycles. The molecule has 0 spiro atoms. The topological polar surface area (TPSA) is 79.6 Å². The van der Waals surface area contributed by atoms with Crippen LogP contribution in [0.3, 0.4) is 0 Å². The minimum Gasteiger partial charge on any atom is -0.395 e. The SMILES string of the molecule is CCCNC(=O)/C(C#N)=C\N1CCN(CCO)CC1. The van der Waals surface area contributed by atoms with E-state index in [-0.39, 0.29) is 18.1 Å². The maximum atomic E-state index is 11.7. The van der Waals surface area contributed by atoms with Gasteiger partial charge in [0.25, 0.3) is 5.91 Å². The number of nitriles is 1. The fourth-order valence-corrected chi connectivity index (χ4v) is 1.91. The molecule has 0 aromatic rings. The van der Waals surface area contributed by atoms with Crippen LogP contribution >= 0.6 is 0 Å². The van der Waals surface area contributed by atoms with E-state index in [9.17, 15) is 4.79 Å². The van der Waals surface area contributed by atoms with Crippen molar-refractivity contribution in [2.24, 2.45) is 0 Å². The van der Waals surface area contributed by atoms with Crippen molar-refractivity contribution in [1.82, 2.24) is 15.1 Å². The van der Waals surface area contributed by atoms with Gasteiger partial charge in [-0.25, -0.2) is 0 Å². The van der Waals surface area contributed by atoms with Gasteiger partial charge in [0.05, 0.1) is 6.61 Å². The first-order chi connectivity index (χ1) is 9.21. The van der Waals surface area contributed by atoms with Gasteiger partial charge >= 0.3 is 0 Å². The first-order valence-corrected chi connectivity index (χ1v) is 6.68. The molecule has 1 heterocycles. The number of carbonyl (C=O) groups excluding carboxylic acids is 1. The van der Waals surface area contributed by atoms with Gasteiger partial charge in [0, 0.05) is 45.5 Å². The maximum Gasteiger partial charge on any atom is 0.263 e. The number of rotatable bonds is 6. The molecular weight excluding hydrogens is 244 g/mol. The Kier molecular flexibility index (Phi) is 6.93. The molecule has 6 heteroatoms. The Bertz CT molecular complexity index is 354. The highest BCUT2D eigenvalue weighted by Gasteiger charge is 2.16. The molecule has 1 fully saturated rings. The van der Waals surface area contributed by atoms with E-state index in [0.717, 1.165) is 32.6 Å². The van der Waals surface area contributed by atoms with Crippen LogP contribution in [0.25, 0.3) is 0 Å². The zero-order valence-corrected chi connectivity index (χ0v) is 11.4. The molecule has 1 rings (SSSR count).